The van der Waals surface area contributed by atoms with Crippen LogP contribution in [0.4, 0.5) is 10.1 Å². The normalized spacial score (nSPS) is 15.4. The van der Waals surface area contributed by atoms with Crippen LogP contribution in [0.3, 0.4) is 0 Å². The van der Waals surface area contributed by atoms with Crippen molar-refractivity contribution < 1.29 is 18.7 Å². The quantitative estimate of drug-likeness (QED) is 0.385. The van der Waals surface area contributed by atoms with Crippen LogP contribution in [0.5, 0.6) is 11.5 Å². The zero-order chi connectivity index (χ0) is 20.3. The summed E-state index contributed by atoms with van der Waals surface area (Å²) in [6.07, 6.45) is 1.71. The molecular weight excluding hydrogens is 465 g/mol. The summed E-state index contributed by atoms with van der Waals surface area (Å²) < 4.78 is 26.4. The van der Waals surface area contributed by atoms with Gasteiger partial charge in [-0.25, -0.2) is 4.39 Å². The van der Waals surface area contributed by atoms with Crippen LogP contribution >= 0.6 is 39.9 Å². The SMILES string of the molecule is CCOc1cc(/C=C2\SC(=S)N(c3ccccc3F)C2=O)cc(Br)c1OCC. The number of halogens is 2. The van der Waals surface area contributed by atoms with Crippen molar-refractivity contribution in [3.63, 3.8) is 0 Å². The fraction of sp³-hybridized carbons (Fsp3) is 0.200. The molecule has 0 saturated carbocycles. The first-order valence-corrected chi connectivity index (χ1v) is 10.6. The van der Waals surface area contributed by atoms with E-state index in [2.05, 4.69) is 15.9 Å². The Morgan fingerprint density at radius 2 is 1.93 bits per heavy atom. The Labute approximate surface area is 180 Å². The number of hydrogen-bond acceptors (Lipinski definition) is 5. The van der Waals surface area contributed by atoms with Gasteiger partial charge in [-0.3, -0.25) is 9.69 Å². The van der Waals surface area contributed by atoms with Crippen LogP contribution in [0.1, 0.15) is 19.4 Å². The lowest BCUT2D eigenvalue weighted by Crippen LogP contribution is -2.28. The molecule has 0 aliphatic carbocycles. The Hall–Kier alpha value is -1.90. The predicted octanol–water partition coefficient (Wildman–Crippen LogP) is 5.79. The number of benzene rings is 2. The first-order chi connectivity index (χ1) is 13.5. The van der Waals surface area contributed by atoms with Gasteiger partial charge in [-0.1, -0.05) is 36.1 Å². The minimum Gasteiger partial charge on any atom is -0.490 e. The lowest BCUT2D eigenvalue weighted by molar-refractivity contribution is -0.113. The summed E-state index contributed by atoms with van der Waals surface area (Å²) >= 11 is 9.93. The predicted molar refractivity (Wildman–Crippen MR) is 119 cm³/mol. The lowest BCUT2D eigenvalue weighted by atomic mass is 10.1. The number of ether oxygens (including phenoxy) is 2. The van der Waals surface area contributed by atoms with Crippen molar-refractivity contribution in [2.75, 3.05) is 18.1 Å². The molecular formula is C20H17BrFNO3S2. The Morgan fingerprint density at radius 1 is 1.21 bits per heavy atom. The second-order valence-electron chi connectivity index (χ2n) is 5.66. The van der Waals surface area contributed by atoms with Crippen LogP contribution in [0.25, 0.3) is 6.08 Å². The molecule has 0 N–H and O–H groups in total. The summed E-state index contributed by atoms with van der Waals surface area (Å²) in [5.74, 6) is 0.334. The fourth-order valence-electron chi connectivity index (χ4n) is 2.68. The van der Waals surface area contributed by atoms with Gasteiger partial charge in [0, 0.05) is 0 Å². The maximum atomic E-state index is 14.1. The van der Waals surface area contributed by atoms with Gasteiger partial charge in [0.2, 0.25) is 0 Å². The molecule has 2 aromatic carbocycles. The lowest BCUT2D eigenvalue weighted by Gasteiger charge is -2.15. The number of nitrogens with zero attached hydrogens (tertiary/aromatic N) is 1. The van der Waals surface area contributed by atoms with E-state index in [1.165, 1.54) is 17.0 Å². The largest absolute Gasteiger partial charge is 0.490 e. The molecule has 1 aliphatic rings. The fourth-order valence-corrected chi connectivity index (χ4v) is 4.54. The molecule has 1 amide bonds. The first kappa shape index (κ1) is 20.8. The van der Waals surface area contributed by atoms with E-state index in [0.29, 0.717) is 29.6 Å². The molecule has 0 radical (unpaired) electrons. The number of anilines is 1. The highest BCUT2D eigenvalue weighted by molar-refractivity contribution is 9.10. The van der Waals surface area contributed by atoms with Crippen LogP contribution in [-0.4, -0.2) is 23.4 Å². The second-order valence-corrected chi connectivity index (χ2v) is 8.19. The number of para-hydroxylation sites is 1. The van der Waals surface area contributed by atoms with Crippen molar-refractivity contribution in [2.24, 2.45) is 0 Å². The molecule has 3 rings (SSSR count). The summed E-state index contributed by atoms with van der Waals surface area (Å²) in [7, 11) is 0. The minimum atomic E-state index is -0.498. The maximum absolute atomic E-state index is 14.1. The summed E-state index contributed by atoms with van der Waals surface area (Å²) in [5, 5.41) is 0. The topological polar surface area (TPSA) is 38.8 Å². The monoisotopic (exact) mass is 481 g/mol. The Kier molecular flexibility index (Phi) is 6.74. The molecule has 0 unspecified atom stereocenters. The molecule has 0 atom stereocenters. The second kappa shape index (κ2) is 9.07. The van der Waals surface area contributed by atoms with Gasteiger partial charge in [0.1, 0.15) is 5.82 Å². The number of rotatable bonds is 6. The highest BCUT2D eigenvalue weighted by atomic mass is 79.9. The number of amides is 1. The highest BCUT2D eigenvalue weighted by Gasteiger charge is 2.34. The van der Waals surface area contributed by atoms with Gasteiger partial charge < -0.3 is 9.47 Å². The molecule has 146 valence electrons. The molecule has 0 spiro atoms. The van der Waals surface area contributed by atoms with Crippen LogP contribution < -0.4 is 14.4 Å². The molecule has 1 saturated heterocycles. The number of thioether (sulfide) groups is 1. The molecule has 28 heavy (non-hydrogen) atoms. The van der Waals surface area contributed by atoms with Crippen molar-refractivity contribution in [3.8, 4) is 11.5 Å². The van der Waals surface area contributed by atoms with Crippen molar-refractivity contribution in [1.29, 1.82) is 0 Å². The van der Waals surface area contributed by atoms with E-state index in [4.69, 9.17) is 21.7 Å². The molecule has 1 fully saturated rings. The first-order valence-electron chi connectivity index (χ1n) is 8.57. The van der Waals surface area contributed by atoms with Crippen LogP contribution in [0, 0.1) is 5.82 Å². The molecule has 2 aromatic rings. The number of thiocarbonyl (C=S) groups is 1. The Balaban J connectivity index is 1.97. The standard InChI is InChI=1S/C20H17BrFNO3S2/c1-3-25-16-10-12(9-13(21)18(16)26-4-2)11-17-19(24)23(20(27)28-17)15-8-6-5-7-14(15)22/h5-11H,3-4H2,1-2H3/b17-11-. The van der Waals surface area contributed by atoms with Gasteiger partial charge in [0.15, 0.2) is 15.8 Å². The molecule has 1 aliphatic heterocycles. The molecule has 4 nitrogen and oxygen atoms in total. The van der Waals surface area contributed by atoms with E-state index in [1.54, 1.807) is 24.3 Å². The third kappa shape index (κ3) is 4.24. The summed E-state index contributed by atoms with van der Waals surface area (Å²) in [4.78, 5) is 14.5. The van der Waals surface area contributed by atoms with Crippen molar-refractivity contribution in [1.82, 2.24) is 0 Å². The van der Waals surface area contributed by atoms with Gasteiger partial charge in [0.25, 0.3) is 5.91 Å². The zero-order valence-electron chi connectivity index (χ0n) is 15.2. The van der Waals surface area contributed by atoms with E-state index in [1.807, 2.05) is 19.9 Å². The van der Waals surface area contributed by atoms with Gasteiger partial charge in [-0.2, -0.15) is 0 Å². The number of hydrogen-bond donors (Lipinski definition) is 0. The van der Waals surface area contributed by atoms with Crippen LogP contribution in [0.2, 0.25) is 0 Å². The average molecular weight is 482 g/mol. The highest BCUT2D eigenvalue weighted by Crippen LogP contribution is 2.40. The third-order valence-corrected chi connectivity index (χ3v) is 5.70. The van der Waals surface area contributed by atoms with E-state index < -0.39 is 5.82 Å². The van der Waals surface area contributed by atoms with Crippen molar-refractivity contribution in [3.05, 3.63) is 57.2 Å². The molecule has 0 aromatic heterocycles. The van der Waals surface area contributed by atoms with Crippen molar-refractivity contribution in [2.45, 2.75) is 13.8 Å². The third-order valence-electron chi connectivity index (χ3n) is 3.81. The van der Waals surface area contributed by atoms with E-state index in [-0.39, 0.29) is 15.9 Å². The van der Waals surface area contributed by atoms with Gasteiger partial charge >= 0.3 is 0 Å². The smallest absolute Gasteiger partial charge is 0.270 e. The van der Waals surface area contributed by atoms with E-state index >= 15 is 0 Å². The Morgan fingerprint density at radius 3 is 2.61 bits per heavy atom. The average Bonchev–Trinajstić information content (AvgIpc) is 2.92. The molecule has 8 heteroatoms. The summed E-state index contributed by atoms with van der Waals surface area (Å²) in [6.45, 7) is 4.75. The number of carbonyl (C=O) groups excluding carboxylic acids is 1. The Bertz CT molecular complexity index is 964. The maximum Gasteiger partial charge on any atom is 0.270 e. The van der Waals surface area contributed by atoms with E-state index in [0.717, 1.165) is 21.8 Å². The van der Waals surface area contributed by atoms with Gasteiger partial charge in [-0.15, -0.1) is 0 Å². The molecule has 1 heterocycles. The van der Waals surface area contributed by atoms with E-state index in [9.17, 15) is 9.18 Å². The minimum absolute atomic E-state index is 0.149. The number of carbonyl (C=O) groups is 1. The summed E-state index contributed by atoms with van der Waals surface area (Å²) in [6, 6.07) is 9.70. The summed E-state index contributed by atoms with van der Waals surface area (Å²) in [5.41, 5.74) is 0.893. The van der Waals surface area contributed by atoms with Crippen molar-refractivity contribution >= 4 is 61.9 Å². The van der Waals surface area contributed by atoms with Gasteiger partial charge in [0.05, 0.1) is 28.3 Å². The van der Waals surface area contributed by atoms with Crippen LogP contribution in [-0.2, 0) is 4.79 Å². The van der Waals surface area contributed by atoms with Gasteiger partial charge in [-0.05, 0) is 65.7 Å². The molecule has 0 bridgehead atoms. The zero-order valence-corrected chi connectivity index (χ0v) is 18.4. The van der Waals surface area contributed by atoms with Crippen LogP contribution in [0.15, 0.2) is 45.8 Å².